The van der Waals surface area contributed by atoms with Crippen molar-refractivity contribution in [1.29, 1.82) is 0 Å². The summed E-state index contributed by atoms with van der Waals surface area (Å²) in [6.45, 7) is 2.72. The molecule has 5 rings (SSSR count). The van der Waals surface area contributed by atoms with E-state index in [4.69, 9.17) is 25.6 Å². The molecule has 9 nitrogen and oxygen atoms in total. The van der Waals surface area contributed by atoms with Crippen molar-refractivity contribution in [3.05, 3.63) is 53.2 Å². The molecule has 2 aliphatic rings. The van der Waals surface area contributed by atoms with Gasteiger partial charge in [-0.1, -0.05) is 35.0 Å². The maximum absolute atomic E-state index is 12.6. The molecule has 1 atom stereocenters. The van der Waals surface area contributed by atoms with Crippen molar-refractivity contribution in [3.8, 4) is 22.8 Å². The molecule has 3 heterocycles. The van der Waals surface area contributed by atoms with Crippen molar-refractivity contribution in [2.24, 2.45) is 5.92 Å². The highest BCUT2D eigenvalue weighted by atomic mass is 35.5. The number of amides is 3. The van der Waals surface area contributed by atoms with Crippen LogP contribution in [0, 0.1) is 12.8 Å². The van der Waals surface area contributed by atoms with Gasteiger partial charge < -0.3 is 29.5 Å². The SMILES string of the molecule is Cc1onc(-c2ccccc2Cl)c1NC(=O)NCC1CC(=O)N(c2ccc3c(c2)OCO3)C1. The molecule has 1 aromatic heterocycles. The van der Waals surface area contributed by atoms with Gasteiger partial charge in [0.15, 0.2) is 17.3 Å². The van der Waals surface area contributed by atoms with Crippen LogP contribution in [0.2, 0.25) is 5.02 Å². The molecule has 0 bridgehead atoms. The van der Waals surface area contributed by atoms with Gasteiger partial charge in [-0.2, -0.15) is 0 Å². The summed E-state index contributed by atoms with van der Waals surface area (Å²) in [5, 5.41) is 10.2. The first-order valence-electron chi connectivity index (χ1n) is 10.5. The van der Waals surface area contributed by atoms with Crippen LogP contribution in [0.25, 0.3) is 11.3 Å². The van der Waals surface area contributed by atoms with Gasteiger partial charge in [0.2, 0.25) is 12.7 Å². The van der Waals surface area contributed by atoms with E-state index >= 15 is 0 Å². The van der Waals surface area contributed by atoms with Gasteiger partial charge in [0.05, 0.1) is 5.02 Å². The lowest BCUT2D eigenvalue weighted by Gasteiger charge is -2.17. The van der Waals surface area contributed by atoms with Crippen LogP contribution in [0.4, 0.5) is 16.2 Å². The number of aromatic nitrogens is 1. The fraction of sp³-hybridized carbons (Fsp3) is 0.261. The number of hydrogen-bond donors (Lipinski definition) is 2. The summed E-state index contributed by atoms with van der Waals surface area (Å²) in [6.07, 6.45) is 0.339. The molecule has 0 spiro atoms. The second kappa shape index (κ2) is 8.67. The fourth-order valence-electron chi connectivity index (χ4n) is 3.97. The molecule has 0 radical (unpaired) electrons. The number of carbonyl (C=O) groups is 2. The number of urea groups is 1. The van der Waals surface area contributed by atoms with E-state index in [1.807, 2.05) is 18.2 Å². The van der Waals surface area contributed by atoms with Crippen LogP contribution >= 0.6 is 11.6 Å². The van der Waals surface area contributed by atoms with Crippen LogP contribution in [0.3, 0.4) is 0 Å². The molecule has 2 aliphatic heterocycles. The summed E-state index contributed by atoms with van der Waals surface area (Å²) >= 11 is 6.27. The number of benzene rings is 2. The number of anilines is 2. The number of rotatable bonds is 5. The second-order valence-corrected chi connectivity index (χ2v) is 8.30. The topological polar surface area (TPSA) is 106 Å². The molecule has 3 amide bonds. The maximum atomic E-state index is 12.6. The molecule has 0 saturated carbocycles. The Morgan fingerprint density at radius 2 is 2.03 bits per heavy atom. The second-order valence-electron chi connectivity index (χ2n) is 7.89. The van der Waals surface area contributed by atoms with Crippen molar-refractivity contribution < 1.29 is 23.6 Å². The Labute approximate surface area is 194 Å². The average Bonchev–Trinajstić information content (AvgIpc) is 3.51. The van der Waals surface area contributed by atoms with Crippen molar-refractivity contribution >= 4 is 34.9 Å². The molecule has 2 N–H and O–H groups in total. The highest BCUT2D eigenvalue weighted by Gasteiger charge is 2.32. The third-order valence-corrected chi connectivity index (χ3v) is 5.98. The Morgan fingerprint density at radius 3 is 2.88 bits per heavy atom. The van der Waals surface area contributed by atoms with Crippen LogP contribution in [0.5, 0.6) is 11.5 Å². The number of fused-ring (bicyclic) bond motifs is 1. The normalized spacial score (nSPS) is 16.8. The zero-order chi connectivity index (χ0) is 22.9. The predicted molar refractivity (Wildman–Crippen MR) is 122 cm³/mol. The Balaban J connectivity index is 1.21. The van der Waals surface area contributed by atoms with E-state index in [0.717, 1.165) is 5.69 Å². The number of nitrogens with zero attached hydrogens (tertiary/aromatic N) is 2. The van der Waals surface area contributed by atoms with E-state index in [1.165, 1.54) is 0 Å². The van der Waals surface area contributed by atoms with Gasteiger partial charge in [0.25, 0.3) is 0 Å². The average molecular weight is 469 g/mol. The molecular weight excluding hydrogens is 448 g/mol. The quantitative estimate of drug-likeness (QED) is 0.581. The lowest BCUT2D eigenvalue weighted by molar-refractivity contribution is -0.117. The number of ether oxygens (including phenoxy) is 2. The molecule has 3 aromatic rings. The van der Waals surface area contributed by atoms with Gasteiger partial charge in [0.1, 0.15) is 11.4 Å². The summed E-state index contributed by atoms with van der Waals surface area (Å²) in [4.78, 5) is 26.9. The smallest absolute Gasteiger partial charge is 0.319 e. The number of hydrogen-bond acceptors (Lipinski definition) is 6. The van der Waals surface area contributed by atoms with Gasteiger partial charge in [-0.15, -0.1) is 0 Å². The van der Waals surface area contributed by atoms with Crippen molar-refractivity contribution in [2.75, 3.05) is 30.1 Å². The minimum atomic E-state index is -0.413. The van der Waals surface area contributed by atoms with Gasteiger partial charge in [-0.3, -0.25) is 4.79 Å². The summed E-state index contributed by atoms with van der Waals surface area (Å²) in [5.41, 5.74) is 2.32. The third kappa shape index (κ3) is 4.19. The monoisotopic (exact) mass is 468 g/mol. The first-order valence-corrected chi connectivity index (χ1v) is 10.8. The van der Waals surface area contributed by atoms with E-state index in [1.54, 1.807) is 36.1 Å². The molecule has 1 saturated heterocycles. The van der Waals surface area contributed by atoms with E-state index in [-0.39, 0.29) is 18.6 Å². The number of halogens is 1. The van der Waals surface area contributed by atoms with Crippen molar-refractivity contribution in [2.45, 2.75) is 13.3 Å². The van der Waals surface area contributed by atoms with E-state index in [2.05, 4.69) is 15.8 Å². The fourth-order valence-corrected chi connectivity index (χ4v) is 4.20. The zero-order valence-electron chi connectivity index (χ0n) is 17.8. The first-order chi connectivity index (χ1) is 16.0. The molecule has 33 heavy (non-hydrogen) atoms. The number of carbonyl (C=O) groups excluding carboxylic acids is 2. The van der Waals surface area contributed by atoms with Crippen LogP contribution in [-0.2, 0) is 4.79 Å². The van der Waals surface area contributed by atoms with Gasteiger partial charge >= 0.3 is 6.03 Å². The van der Waals surface area contributed by atoms with Gasteiger partial charge in [-0.05, 0) is 25.1 Å². The third-order valence-electron chi connectivity index (χ3n) is 5.65. The van der Waals surface area contributed by atoms with Crippen LogP contribution in [-0.4, -0.2) is 37.0 Å². The maximum Gasteiger partial charge on any atom is 0.319 e. The van der Waals surface area contributed by atoms with E-state index in [0.29, 0.717) is 58.7 Å². The Morgan fingerprint density at radius 1 is 1.21 bits per heavy atom. The Bertz CT molecular complexity index is 1230. The molecule has 170 valence electrons. The lowest BCUT2D eigenvalue weighted by atomic mass is 10.1. The Hall–Kier alpha value is -3.72. The number of aryl methyl sites for hydroxylation is 1. The molecule has 0 aliphatic carbocycles. The molecule has 10 heteroatoms. The Kier molecular flexibility index (Phi) is 5.55. The summed E-state index contributed by atoms with van der Waals surface area (Å²) < 4.78 is 16.0. The summed E-state index contributed by atoms with van der Waals surface area (Å²) in [5.74, 6) is 1.72. The summed E-state index contributed by atoms with van der Waals surface area (Å²) in [7, 11) is 0. The number of nitrogens with one attached hydrogen (secondary N) is 2. The minimum Gasteiger partial charge on any atom is -0.454 e. The van der Waals surface area contributed by atoms with E-state index < -0.39 is 6.03 Å². The van der Waals surface area contributed by atoms with Gasteiger partial charge in [-0.25, -0.2) is 4.79 Å². The van der Waals surface area contributed by atoms with Crippen LogP contribution in [0.15, 0.2) is 47.0 Å². The van der Waals surface area contributed by atoms with E-state index in [9.17, 15) is 9.59 Å². The zero-order valence-corrected chi connectivity index (χ0v) is 18.5. The first kappa shape index (κ1) is 21.1. The molecule has 1 fully saturated rings. The van der Waals surface area contributed by atoms with Crippen molar-refractivity contribution in [3.63, 3.8) is 0 Å². The molecule has 2 aromatic carbocycles. The largest absolute Gasteiger partial charge is 0.454 e. The van der Waals surface area contributed by atoms with Crippen LogP contribution < -0.4 is 25.0 Å². The van der Waals surface area contributed by atoms with Gasteiger partial charge in [0, 0.05) is 42.7 Å². The highest BCUT2D eigenvalue weighted by molar-refractivity contribution is 6.33. The lowest BCUT2D eigenvalue weighted by Crippen LogP contribution is -2.34. The predicted octanol–water partition coefficient (Wildman–Crippen LogP) is 4.21. The molecule has 1 unspecified atom stereocenters. The van der Waals surface area contributed by atoms with Crippen LogP contribution in [0.1, 0.15) is 12.2 Å². The highest BCUT2D eigenvalue weighted by Crippen LogP contribution is 2.37. The molecular formula is C23H21ClN4O5. The van der Waals surface area contributed by atoms with Crippen molar-refractivity contribution in [1.82, 2.24) is 10.5 Å². The summed E-state index contributed by atoms with van der Waals surface area (Å²) in [6, 6.07) is 12.2. The minimum absolute atomic E-state index is 0.00282. The standard InChI is InChI=1S/C23H21ClN4O5/c1-13-21(22(27-33-13)16-4-2-3-5-17(16)24)26-23(30)25-10-14-8-20(29)28(11-14)15-6-7-18-19(9-15)32-12-31-18/h2-7,9,14H,8,10-12H2,1H3,(H2,25,26,30).